The lowest BCUT2D eigenvalue weighted by Gasteiger charge is -2.15. The second-order valence-electron chi connectivity index (χ2n) is 5.46. The quantitative estimate of drug-likeness (QED) is 0.704. The summed E-state index contributed by atoms with van der Waals surface area (Å²) in [6.07, 6.45) is 2.13. The molecule has 0 N–H and O–H groups in total. The molecule has 2 rings (SSSR count). The molecule has 0 aromatic heterocycles. The van der Waals surface area contributed by atoms with Crippen LogP contribution in [0.3, 0.4) is 0 Å². The van der Waals surface area contributed by atoms with Crippen molar-refractivity contribution >= 4 is 43.0 Å². The molecule has 1 atom stereocenters. The van der Waals surface area contributed by atoms with Crippen molar-refractivity contribution in [3.05, 3.63) is 53.1 Å². The van der Waals surface area contributed by atoms with Gasteiger partial charge in [0.1, 0.15) is 0 Å². The van der Waals surface area contributed by atoms with E-state index in [0.29, 0.717) is 9.92 Å². The van der Waals surface area contributed by atoms with E-state index in [-0.39, 0.29) is 15.0 Å². The van der Waals surface area contributed by atoms with Crippen LogP contribution in [0.1, 0.15) is 17.7 Å². The molecule has 0 saturated carbocycles. The van der Waals surface area contributed by atoms with E-state index < -0.39 is 19.7 Å². The molecule has 1 unspecified atom stereocenters. The van der Waals surface area contributed by atoms with Gasteiger partial charge < -0.3 is 0 Å². The van der Waals surface area contributed by atoms with E-state index in [4.69, 9.17) is 11.6 Å². The molecule has 0 heterocycles. The molecule has 0 fully saturated rings. The van der Waals surface area contributed by atoms with Crippen LogP contribution in [0.25, 0.3) is 0 Å². The van der Waals surface area contributed by atoms with Crippen molar-refractivity contribution in [3.8, 4) is 0 Å². The summed E-state index contributed by atoms with van der Waals surface area (Å²) in [5.74, 6) is 0. The van der Waals surface area contributed by atoms with Crippen molar-refractivity contribution in [2.45, 2.75) is 26.9 Å². The van der Waals surface area contributed by atoms with Crippen LogP contribution in [0.4, 0.5) is 0 Å². The van der Waals surface area contributed by atoms with E-state index in [1.807, 2.05) is 19.1 Å². The molecule has 0 amide bonds. The summed E-state index contributed by atoms with van der Waals surface area (Å²) in [7, 11) is -7.03. The van der Waals surface area contributed by atoms with E-state index in [2.05, 4.69) is 0 Å². The van der Waals surface area contributed by atoms with Gasteiger partial charge in [0.15, 0.2) is 19.7 Å². The first kappa shape index (κ1) is 19.3. The molecule has 0 bridgehead atoms. The molecule has 2 aromatic carbocycles. The Hall–Kier alpha value is -1.02. The molecule has 2 aromatic rings. The van der Waals surface area contributed by atoms with Gasteiger partial charge in [-0.2, -0.15) is 0 Å². The average molecular weight is 405 g/mol. The Balaban J connectivity index is 2.44. The molecule has 0 aliphatic carbocycles. The summed E-state index contributed by atoms with van der Waals surface area (Å²) >= 11 is 7.24. The molecular weight excluding hydrogens is 388 g/mol. The highest BCUT2D eigenvalue weighted by Gasteiger charge is 2.20. The number of thioether (sulfide) groups is 1. The maximum absolute atomic E-state index is 12.1. The zero-order valence-corrected chi connectivity index (χ0v) is 16.6. The third-order valence-electron chi connectivity index (χ3n) is 3.39. The topological polar surface area (TPSA) is 68.3 Å². The van der Waals surface area contributed by atoms with Gasteiger partial charge in [0.2, 0.25) is 0 Å². The maximum Gasteiger partial charge on any atom is 0.176 e. The van der Waals surface area contributed by atoms with Gasteiger partial charge in [0, 0.05) is 27.7 Å². The second kappa shape index (κ2) is 7.07. The van der Waals surface area contributed by atoms with E-state index >= 15 is 0 Å². The Morgan fingerprint density at radius 3 is 2.00 bits per heavy atom. The summed E-state index contributed by atoms with van der Waals surface area (Å²) in [6, 6.07) is 11.5. The summed E-state index contributed by atoms with van der Waals surface area (Å²) in [5, 5.41) is 0.608. The zero-order valence-electron chi connectivity index (χ0n) is 13.4. The minimum atomic E-state index is -3.56. The lowest BCUT2D eigenvalue weighted by Crippen LogP contribution is -2.04. The number of benzene rings is 2. The molecule has 0 aliphatic rings. The SMILES string of the molecule is CC(Sc1ccc(S(C)(=O)=O)cc1S(C)(=O)=O)c1ccc(Cl)cc1. The highest BCUT2D eigenvalue weighted by Crippen LogP contribution is 2.39. The smallest absolute Gasteiger partial charge is 0.176 e. The first-order valence-electron chi connectivity index (χ1n) is 6.95. The van der Waals surface area contributed by atoms with Crippen molar-refractivity contribution in [1.82, 2.24) is 0 Å². The Morgan fingerprint density at radius 1 is 0.917 bits per heavy atom. The lowest BCUT2D eigenvalue weighted by molar-refractivity contribution is 0.598. The Kier molecular flexibility index (Phi) is 5.69. The fraction of sp³-hybridized carbons (Fsp3) is 0.250. The number of halogens is 1. The zero-order chi connectivity index (χ0) is 18.1. The van der Waals surface area contributed by atoms with Crippen LogP contribution >= 0.6 is 23.4 Å². The highest BCUT2D eigenvalue weighted by molar-refractivity contribution is 8.00. The Labute approximate surface area is 152 Å². The summed E-state index contributed by atoms with van der Waals surface area (Å²) < 4.78 is 47.5. The van der Waals surface area contributed by atoms with E-state index in [1.54, 1.807) is 18.2 Å². The second-order valence-corrected chi connectivity index (χ2v) is 11.3. The van der Waals surface area contributed by atoms with Gasteiger partial charge in [0.25, 0.3) is 0 Å². The first-order valence-corrected chi connectivity index (χ1v) is 12.0. The molecule has 4 nitrogen and oxygen atoms in total. The van der Waals surface area contributed by atoms with Crippen LogP contribution in [0.2, 0.25) is 5.02 Å². The summed E-state index contributed by atoms with van der Waals surface area (Å²) in [5.41, 5.74) is 0.996. The van der Waals surface area contributed by atoms with E-state index in [0.717, 1.165) is 18.1 Å². The average Bonchev–Trinajstić information content (AvgIpc) is 2.46. The molecule has 24 heavy (non-hydrogen) atoms. The number of hydrogen-bond acceptors (Lipinski definition) is 5. The van der Waals surface area contributed by atoms with Gasteiger partial charge in [-0.15, -0.1) is 11.8 Å². The number of rotatable bonds is 5. The standard InChI is InChI=1S/C16H17ClO4S3/c1-11(12-4-6-13(17)7-5-12)22-15-9-8-14(23(2,18)19)10-16(15)24(3,20)21/h4-11H,1-3H3. The van der Waals surface area contributed by atoms with E-state index in [1.165, 1.54) is 23.9 Å². The lowest BCUT2D eigenvalue weighted by atomic mass is 10.2. The maximum atomic E-state index is 12.1. The third-order valence-corrected chi connectivity index (χ3v) is 7.25. The van der Waals surface area contributed by atoms with Crippen molar-refractivity contribution in [2.24, 2.45) is 0 Å². The van der Waals surface area contributed by atoms with Crippen LogP contribution in [0.15, 0.2) is 57.2 Å². The fourth-order valence-electron chi connectivity index (χ4n) is 2.10. The first-order chi connectivity index (χ1) is 11.0. The van der Waals surface area contributed by atoms with Crippen LogP contribution in [0.5, 0.6) is 0 Å². The van der Waals surface area contributed by atoms with Crippen LogP contribution in [-0.4, -0.2) is 29.3 Å². The van der Waals surface area contributed by atoms with Crippen LogP contribution < -0.4 is 0 Å². The molecule has 130 valence electrons. The summed E-state index contributed by atoms with van der Waals surface area (Å²) in [6.45, 7) is 1.95. The molecule has 0 radical (unpaired) electrons. The van der Waals surface area contributed by atoms with Gasteiger partial charge >= 0.3 is 0 Å². The van der Waals surface area contributed by atoms with Crippen molar-refractivity contribution in [2.75, 3.05) is 12.5 Å². The normalized spacial score (nSPS) is 13.7. The van der Waals surface area contributed by atoms with Gasteiger partial charge in [-0.3, -0.25) is 0 Å². The minimum absolute atomic E-state index is 0.00794. The minimum Gasteiger partial charge on any atom is -0.224 e. The van der Waals surface area contributed by atoms with Crippen molar-refractivity contribution in [1.29, 1.82) is 0 Å². The van der Waals surface area contributed by atoms with Gasteiger partial charge in [0.05, 0.1) is 9.79 Å². The predicted molar refractivity (Wildman–Crippen MR) is 98.4 cm³/mol. The highest BCUT2D eigenvalue weighted by atomic mass is 35.5. The predicted octanol–water partition coefficient (Wildman–Crippen LogP) is 4.00. The monoisotopic (exact) mass is 404 g/mol. The number of hydrogen-bond donors (Lipinski definition) is 0. The Morgan fingerprint density at radius 2 is 1.50 bits per heavy atom. The largest absolute Gasteiger partial charge is 0.224 e. The third kappa shape index (κ3) is 4.75. The molecule has 0 spiro atoms. The van der Waals surface area contributed by atoms with Gasteiger partial charge in [-0.05, 0) is 42.8 Å². The number of sulfone groups is 2. The fourth-order valence-corrected chi connectivity index (χ4v) is 5.32. The van der Waals surface area contributed by atoms with E-state index in [9.17, 15) is 16.8 Å². The van der Waals surface area contributed by atoms with Crippen LogP contribution in [0, 0.1) is 0 Å². The summed E-state index contributed by atoms with van der Waals surface area (Å²) in [4.78, 5) is 0.537. The Bertz CT molecular complexity index is 949. The van der Waals surface area contributed by atoms with Crippen LogP contribution in [-0.2, 0) is 19.7 Å². The molecule has 0 aliphatic heterocycles. The molecular formula is C16H17ClO4S3. The van der Waals surface area contributed by atoms with Gasteiger partial charge in [-0.25, -0.2) is 16.8 Å². The van der Waals surface area contributed by atoms with Gasteiger partial charge in [-0.1, -0.05) is 23.7 Å². The van der Waals surface area contributed by atoms with Crippen molar-refractivity contribution < 1.29 is 16.8 Å². The molecule has 0 saturated heterocycles. The van der Waals surface area contributed by atoms with Crippen molar-refractivity contribution in [3.63, 3.8) is 0 Å². The molecule has 8 heteroatoms.